The summed E-state index contributed by atoms with van der Waals surface area (Å²) in [7, 11) is 3.28. The summed E-state index contributed by atoms with van der Waals surface area (Å²) in [6, 6.07) is 31.6. The number of nitrogens with two attached hydrogens (primary N) is 1. The van der Waals surface area contributed by atoms with Crippen molar-refractivity contribution in [3.8, 4) is 11.5 Å². The minimum absolute atomic E-state index is 0.0735. The normalized spacial score (nSPS) is 15.0. The first-order valence-corrected chi connectivity index (χ1v) is 24.3. The van der Waals surface area contributed by atoms with Gasteiger partial charge in [0.05, 0.1) is 26.3 Å². The molecule has 380 valence electrons. The van der Waals surface area contributed by atoms with Crippen LogP contribution in [0.15, 0.2) is 115 Å². The van der Waals surface area contributed by atoms with Gasteiger partial charge < -0.3 is 39.6 Å². The summed E-state index contributed by atoms with van der Waals surface area (Å²) in [4.78, 5) is 53.4. The molecule has 2 unspecified atom stereocenters. The maximum absolute atomic E-state index is 13.3. The number of hydrogen-bond donors (Lipinski definition) is 2. The molecule has 0 bridgehead atoms. The van der Waals surface area contributed by atoms with Crippen molar-refractivity contribution in [3.05, 3.63) is 171 Å². The molecule has 7 rings (SSSR count). The lowest BCUT2D eigenvalue weighted by Gasteiger charge is -2.32. The maximum Gasteiger partial charge on any atom is 0.410 e. The number of amides is 2. The van der Waals surface area contributed by atoms with Crippen LogP contribution in [0.2, 0.25) is 0 Å². The van der Waals surface area contributed by atoms with Crippen LogP contribution >= 0.6 is 0 Å². The molecule has 72 heavy (non-hydrogen) atoms. The highest BCUT2D eigenvalue weighted by atomic mass is 19.1. The topological polar surface area (TPSA) is 158 Å². The number of halogens is 1. The van der Waals surface area contributed by atoms with Gasteiger partial charge in [0.2, 0.25) is 0 Å². The zero-order valence-corrected chi connectivity index (χ0v) is 42.7. The molecule has 2 aliphatic rings. The summed E-state index contributed by atoms with van der Waals surface area (Å²) in [5.41, 5.74) is 14.0. The van der Waals surface area contributed by atoms with Gasteiger partial charge in [0.25, 0.3) is 0 Å². The minimum Gasteiger partial charge on any atom is -0.497 e. The van der Waals surface area contributed by atoms with Crippen molar-refractivity contribution in [2.45, 2.75) is 110 Å². The van der Waals surface area contributed by atoms with E-state index in [2.05, 4.69) is 6.07 Å². The summed E-state index contributed by atoms with van der Waals surface area (Å²) in [6.07, 6.45) is 10.1. The lowest BCUT2D eigenvalue weighted by Crippen LogP contribution is -2.40. The number of carbonyl (C=O) groups excluding carboxylic acids is 3. The lowest BCUT2D eigenvalue weighted by atomic mass is 10.0. The van der Waals surface area contributed by atoms with E-state index < -0.39 is 23.0 Å². The van der Waals surface area contributed by atoms with E-state index in [4.69, 9.17) is 29.8 Å². The molecular weight excluding hydrogens is 914 g/mol. The first kappa shape index (κ1) is 53.9. The summed E-state index contributed by atoms with van der Waals surface area (Å²) < 4.78 is 35.3. The quantitative estimate of drug-likeness (QED) is 0.0720. The molecule has 2 atom stereocenters. The third-order valence-electron chi connectivity index (χ3n) is 12.4. The predicted molar refractivity (Wildman–Crippen MR) is 280 cm³/mol. The fourth-order valence-corrected chi connectivity index (χ4v) is 8.89. The zero-order valence-electron chi connectivity index (χ0n) is 42.7. The number of carboxylic acids is 1. The Morgan fingerprint density at radius 2 is 1.08 bits per heavy atom. The van der Waals surface area contributed by atoms with Crippen LogP contribution in [0, 0.1) is 5.82 Å². The van der Waals surface area contributed by atoms with Crippen LogP contribution in [0.1, 0.15) is 117 Å². The SMILES string of the molecule is COc1ccc(CCN(C(=O)OC(C)(C)C)C2CCc3cc(/C=C/C(=O)Cc4ccc(F)cc4N)ccc32)cc1.COc1ccc(CCN(C(=O)OC(C)(C)C)C2CCc3cc(/C=C/C(=O)O)ccc32)cc1. The Balaban J connectivity index is 0.000000241. The average Bonchev–Trinajstić information content (AvgIpc) is 3.94. The van der Waals surface area contributed by atoms with Gasteiger partial charge in [-0.1, -0.05) is 72.8 Å². The molecule has 0 spiro atoms. The molecule has 5 aromatic rings. The third kappa shape index (κ3) is 15.5. The molecule has 0 radical (unpaired) electrons. The summed E-state index contributed by atoms with van der Waals surface area (Å²) in [6.45, 7) is 12.3. The van der Waals surface area contributed by atoms with Crippen LogP contribution < -0.4 is 15.2 Å². The largest absolute Gasteiger partial charge is 0.497 e. The van der Waals surface area contributed by atoms with Gasteiger partial charge in [-0.05, 0) is 179 Å². The Bertz CT molecular complexity index is 2750. The molecule has 0 heterocycles. The molecule has 0 saturated carbocycles. The third-order valence-corrected chi connectivity index (χ3v) is 12.4. The number of anilines is 1. The van der Waals surface area contributed by atoms with E-state index in [0.717, 1.165) is 87.8 Å². The van der Waals surface area contributed by atoms with Gasteiger partial charge >= 0.3 is 18.2 Å². The summed E-state index contributed by atoms with van der Waals surface area (Å²) in [5.74, 6) is 0.0785. The number of carboxylic acid groups (broad SMARTS) is 1. The number of allylic oxidation sites excluding steroid dienone is 1. The molecule has 0 saturated heterocycles. The number of methoxy groups -OCH3 is 2. The van der Waals surface area contributed by atoms with E-state index in [-0.39, 0.29) is 42.2 Å². The Labute approximate surface area is 423 Å². The van der Waals surface area contributed by atoms with Crippen LogP contribution in [0.4, 0.5) is 19.7 Å². The highest BCUT2D eigenvalue weighted by molar-refractivity contribution is 5.95. The standard InChI is InChI=1S/C33H37FN2O4.C26H31NO5/c1-33(2,3)40-32(38)36(18-17-22-6-13-28(39-4)14-7-22)31-16-10-24-19-23(8-15-29(24)31)5-12-27(37)20-25-9-11-26(34)21-30(25)35;1-26(2,3)32-25(30)27(16-15-18-5-10-21(31-4)11-6-18)23-13-9-20-17-19(7-12-22(20)23)8-14-24(28)29/h5-9,11-15,19,21,31H,10,16-18,20,35H2,1-4H3;5-8,10-12,14,17,23H,9,13,15-16H2,1-4H3,(H,28,29)/b12-5+;14-8+. The Morgan fingerprint density at radius 1 is 0.639 bits per heavy atom. The molecule has 12 nitrogen and oxygen atoms in total. The molecule has 0 fully saturated rings. The molecule has 2 aliphatic carbocycles. The molecule has 0 aliphatic heterocycles. The second-order valence-electron chi connectivity index (χ2n) is 20.1. The average molecular weight is 982 g/mol. The first-order valence-electron chi connectivity index (χ1n) is 24.3. The number of hydrogen-bond acceptors (Lipinski definition) is 9. The van der Waals surface area contributed by atoms with Crippen molar-refractivity contribution >= 4 is 41.8 Å². The number of nitrogen functional groups attached to an aromatic ring is 1. The van der Waals surface area contributed by atoms with Crippen molar-refractivity contribution in [2.24, 2.45) is 0 Å². The molecule has 5 aromatic carbocycles. The molecular formula is C59H68FN3O9. The minimum atomic E-state index is -0.974. The smallest absolute Gasteiger partial charge is 0.410 e. The summed E-state index contributed by atoms with van der Waals surface area (Å²) >= 11 is 0. The van der Waals surface area contributed by atoms with Crippen molar-refractivity contribution < 1.29 is 47.6 Å². The fourth-order valence-electron chi connectivity index (χ4n) is 8.89. The molecule has 13 heteroatoms. The number of aliphatic carboxylic acids is 1. The van der Waals surface area contributed by atoms with Gasteiger partial charge in [0.1, 0.15) is 28.5 Å². The number of ketones is 1. The van der Waals surface area contributed by atoms with Crippen molar-refractivity contribution in [2.75, 3.05) is 33.0 Å². The van der Waals surface area contributed by atoms with Gasteiger partial charge in [-0.3, -0.25) is 4.79 Å². The maximum atomic E-state index is 13.3. The highest BCUT2D eigenvalue weighted by Gasteiger charge is 2.35. The number of aryl methyl sites for hydroxylation is 2. The Kier molecular flexibility index (Phi) is 18.1. The second-order valence-corrected chi connectivity index (χ2v) is 20.1. The van der Waals surface area contributed by atoms with Gasteiger partial charge in [-0.15, -0.1) is 0 Å². The van der Waals surface area contributed by atoms with Crippen LogP contribution in [-0.2, 0) is 51.2 Å². The van der Waals surface area contributed by atoms with Crippen molar-refractivity contribution in [1.29, 1.82) is 0 Å². The van der Waals surface area contributed by atoms with Gasteiger partial charge in [-0.25, -0.2) is 18.8 Å². The van der Waals surface area contributed by atoms with Crippen LogP contribution in [-0.4, -0.2) is 77.4 Å². The summed E-state index contributed by atoms with van der Waals surface area (Å²) in [5, 5.41) is 8.87. The number of ether oxygens (including phenoxy) is 4. The lowest BCUT2D eigenvalue weighted by molar-refractivity contribution is -0.131. The number of carbonyl (C=O) groups is 4. The first-order chi connectivity index (χ1) is 34.2. The second kappa shape index (κ2) is 24.1. The van der Waals surface area contributed by atoms with E-state index in [1.807, 2.05) is 130 Å². The number of rotatable bonds is 16. The van der Waals surface area contributed by atoms with E-state index in [9.17, 15) is 23.6 Å². The molecule has 3 N–H and O–H groups in total. The van der Waals surface area contributed by atoms with Crippen LogP contribution in [0.3, 0.4) is 0 Å². The van der Waals surface area contributed by atoms with Gasteiger partial charge in [0, 0.05) is 31.3 Å². The van der Waals surface area contributed by atoms with E-state index in [1.165, 1.54) is 24.3 Å². The van der Waals surface area contributed by atoms with E-state index in [1.54, 1.807) is 26.4 Å². The van der Waals surface area contributed by atoms with E-state index in [0.29, 0.717) is 31.5 Å². The van der Waals surface area contributed by atoms with Crippen LogP contribution in [0.25, 0.3) is 12.2 Å². The van der Waals surface area contributed by atoms with Gasteiger partial charge in [-0.2, -0.15) is 0 Å². The van der Waals surface area contributed by atoms with Crippen molar-refractivity contribution in [3.63, 3.8) is 0 Å². The van der Waals surface area contributed by atoms with Crippen LogP contribution in [0.5, 0.6) is 11.5 Å². The number of nitrogens with zero attached hydrogens (tertiary/aromatic N) is 2. The zero-order chi connectivity index (χ0) is 52.2. The van der Waals surface area contributed by atoms with Crippen molar-refractivity contribution in [1.82, 2.24) is 9.80 Å². The highest BCUT2D eigenvalue weighted by Crippen LogP contribution is 2.39. The predicted octanol–water partition coefficient (Wildman–Crippen LogP) is 12.0. The van der Waals surface area contributed by atoms with E-state index >= 15 is 0 Å². The number of benzene rings is 5. The molecule has 2 amide bonds. The Hall–Kier alpha value is -7.41. The molecule has 0 aromatic heterocycles. The number of fused-ring (bicyclic) bond motifs is 2. The monoisotopic (exact) mass is 981 g/mol. The van der Waals surface area contributed by atoms with Gasteiger partial charge in [0.15, 0.2) is 5.78 Å². The Morgan fingerprint density at radius 3 is 1.49 bits per heavy atom. The fraction of sp³-hybridized carbons (Fsp3) is 0.356.